The number of hydrogen-bond donors (Lipinski definition) is 0. The minimum Gasteiger partial charge on any atom is -0.373 e. The summed E-state index contributed by atoms with van der Waals surface area (Å²) >= 11 is 0. The number of hydrogen-bond acceptors (Lipinski definition) is 2. The van der Waals surface area contributed by atoms with Gasteiger partial charge in [0.25, 0.3) is 0 Å². The van der Waals surface area contributed by atoms with E-state index in [1.165, 1.54) is 5.56 Å². The summed E-state index contributed by atoms with van der Waals surface area (Å²) < 4.78 is 5.64. The third-order valence-electron chi connectivity index (χ3n) is 3.26. The van der Waals surface area contributed by atoms with E-state index in [9.17, 15) is 4.79 Å². The van der Waals surface area contributed by atoms with Crippen LogP contribution in [0.3, 0.4) is 0 Å². The summed E-state index contributed by atoms with van der Waals surface area (Å²) in [6, 6.07) is 8.45. The topological polar surface area (TPSA) is 26.3 Å². The Hall–Kier alpha value is -1.15. The van der Waals surface area contributed by atoms with Gasteiger partial charge >= 0.3 is 0 Å². The molecule has 1 aliphatic heterocycles. The molecule has 2 rings (SSSR count). The smallest absolute Gasteiger partial charge is 0.138 e. The Balaban J connectivity index is 2.15. The highest BCUT2D eigenvalue weighted by molar-refractivity contribution is 5.79. The van der Waals surface area contributed by atoms with Crippen LogP contribution in [0.15, 0.2) is 24.3 Å². The van der Waals surface area contributed by atoms with E-state index in [1.807, 2.05) is 0 Å². The van der Waals surface area contributed by atoms with Gasteiger partial charge in [0.1, 0.15) is 5.78 Å². The van der Waals surface area contributed by atoms with Crippen LogP contribution in [0.5, 0.6) is 0 Å². The summed E-state index contributed by atoms with van der Waals surface area (Å²) in [5.41, 5.74) is 2.59. The van der Waals surface area contributed by atoms with Gasteiger partial charge in [0.2, 0.25) is 0 Å². The van der Waals surface area contributed by atoms with Crippen LogP contribution in [0.4, 0.5) is 0 Å². The quantitative estimate of drug-likeness (QED) is 0.741. The van der Waals surface area contributed by atoms with Gasteiger partial charge in [-0.3, -0.25) is 4.79 Å². The van der Waals surface area contributed by atoms with E-state index in [0.717, 1.165) is 5.56 Å². The van der Waals surface area contributed by atoms with Crippen LogP contribution in [-0.2, 0) is 14.9 Å². The number of carbonyl (C=O) groups is 1. The Labute approximate surface area is 103 Å². The zero-order chi connectivity index (χ0) is 12.5. The summed E-state index contributed by atoms with van der Waals surface area (Å²) in [5.74, 6) is 0.307. The van der Waals surface area contributed by atoms with E-state index in [-0.39, 0.29) is 11.5 Å². The first-order valence-corrected chi connectivity index (χ1v) is 6.20. The maximum Gasteiger partial charge on any atom is 0.138 e. The van der Waals surface area contributed by atoms with Crippen molar-refractivity contribution in [1.82, 2.24) is 0 Å². The molecule has 1 atom stereocenters. The molecule has 1 unspecified atom stereocenters. The third-order valence-corrected chi connectivity index (χ3v) is 3.26. The minimum absolute atomic E-state index is 0.0368. The maximum atomic E-state index is 11.4. The Kier molecular flexibility index (Phi) is 3.34. The molecule has 0 aromatic heterocycles. The number of ether oxygens (including phenoxy) is 1. The number of carbonyl (C=O) groups excluding carboxylic acids is 1. The molecule has 0 N–H and O–H groups in total. The number of rotatable bonds is 1. The van der Waals surface area contributed by atoms with Crippen molar-refractivity contribution < 1.29 is 9.53 Å². The fourth-order valence-corrected chi connectivity index (χ4v) is 2.09. The van der Waals surface area contributed by atoms with Crippen molar-refractivity contribution in [3.05, 3.63) is 35.4 Å². The van der Waals surface area contributed by atoms with E-state index in [2.05, 4.69) is 45.0 Å². The highest BCUT2D eigenvalue weighted by Gasteiger charge is 2.22. The first kappa shape index (κ1) is 12.3. The Morgan fingerprint density at radius 1 is 1.18 bits per heavy atom. The van der Waals surface area contributed by atoms with Crippen molar-refractivity contribution in [2.24, 2.45) is 0 Å². The van der Waals surface area contributed by atoms with Gasteiger partial charge in [-0.25, -0.2) is 0 Å². The van der Waals surface area contributed by atoms with Gasteiger partial charge in [0.05, 0.1) is 12.7 Å². The molecular weight excluding hydrogens is 212 g/mol. The summed E-state index contributed by atoms with van der Waals surface area (Å²) in [6.07, 6.45) is 1.05. The van der Waals surface area contributed by atoms with Gasteiger partial charge in [0, 0.05) is 12.8 Å². The first-order chi connectivity index (χ1) is 7.97. The highest BCUT2D eigenvalue weighted by atomic mass is 16.5. The highest BCUT2D eigenvalue weighted by Crippen LogP contribution is 2.28. The molecule has 1 fully saturated rings. The molecule has 0 amide bonds. The van der Waals surface area contributed by atoms with Crippen LogP contribution in [0, 0.1) is 0 Å². The Bertz CT molecular complexity index is 398. The zero-order valence-electron chi connectivity index (χ0n) is 10.8. The summed E-state index contributed by atoms with van der Waals surface area (Å²) in [5, 5.41) is 0. The second-order valence-corrected chi connectivity index (χ2v) is 5.72. The predicted octanol–water partition coefficient (Wildman–Crippen LogP) is 3.40. The summed E-state index contributed by atoms with van der Waals surface area (Å²) in [7, 11) is 0. The molecule has 1 aromatic carbocycles. The lowest BCUT2D eigenvalue weighted by Crippen LogP contribution is -2.19. The standard InChI is InChI=1S/C15H20O2/c1-15(2,3)12-6-4-11(5-7-12)14-10-13(16)8-9-17-14/h4-7,14H,8-10H2,1-3H3. The second kappa shape index (κ2) is 4.61. The fraction of sp³-hybridized carbons (Fsp3) is 0.533. The SMILES string of the molecule is CC(C)(C)c1ccc(C2CC(=O)CCO2)cc1. The molecule has 2 nitrogen and oxygen atoms in total. The second-order valence-electron chi connectivity index (χ2n) is 5.72. The molecule has 92 valence electrons. The molecule has 0 aliphatic carbocycles. The molecule has 0 radical (unpaired) electrons. The molecule has 2 heteroatoms. The maximum absolute atomic E-state index is 11.4. The van der Waals surface area contributed by atoms with E-state index in [1.54, 1.807) is 0 Å². The minimum atomic E-state index is -0.0368. The molecule has 0 spiro atoms. The molecule has 0 bridgehead atoms. The summed E-state index contributed by atoms with van der Waals surface area (Å²) in [4.78, 5) is 11.4. The first-order valence-electron chi connectivity index (χ1n) is 6.20. The van der Waals surface area contributed by atoms with Gasteiger partial charge in [0.15, 0.2) is 0 Å². The van der Waals surface area contributed by atoms with Crippen molar-refractivity contribution in [2.45, 2.75) is 45.1 Å². The Morgan fingerprint density at radius 3 is 2.35 bits per heavy atom. The lowest BCUT2D eigenvalue weighted by Gasteiger charge is -2.24. The number of Topliss-reactive ketones (excluding diaryl/α,β-unsaturated/α-hetero) is 1. The van der Waals surface area contributed by atoms with Crippen LogP contribution < -0.4 is 0 Å². The van der Waals surface area contributed by atoms with Gasteiger partial charge in [-0.15, -0.1) is 0 Å². The molecule has 1 saturated heterocycles. The van der Waals surface area contributed by atoms with Gasteiger partial charge in [-0.05, 0) is 16.5 Å². The fourth-order valence-electron chi connectivity index (χ4n) is 2.09. The van der Waals surface area contributed by atoms with Crippen LogP contribution in [0.1, 0.15) is 50.8 Å². The molecule has 1 heterocycles. The van der Waals surface area contributed by atoms with E-state index in [0.29, 0.717) is 25.2 Å². The molecule has 17 heavy (non-hydrogen) atoms. The third kappa shape index (κ3) is 2.95. The van der Waals surface area contributed by atoms with Crippen molar-refractivity contribution in [3.63, 3.8) is 0 Å². The van der Waals surface area contributed by atoms with E-state index in [4.69, 9.17) is 4.74 Å². The normalized spacial score (nSPS) is 21.6. The zero-order valence-corrected chi connectivity index (χ0v) is 10.8. The van der Waals surface area contributed by atoms with Crippen LogP contribution in [0.25, 0.3) is 0 Å². The van der Waals surface area contributed by atoms with Crippen molar-refractivity contribution in [3.8, 4) is 0 Å². The van der Waals surface area contributed by atoms with Crippen LogP contribution in [-0.4, -0.2) is 12.4 Å². The van der Waals surface area contributed by atoms with Crippen molar-refractivity contribution >= 4 is 5.78 Å². The molecular formula is C15H20O2. The average Bonchev–Trinajstić information content (AvgIpc) is 2.28. The van der Waals surface area contributed by atoms with Gasteiger partial charge in [-0.2, -0.15) is 0 Å². The lowest BCUT2D eigenvalue weighted by atomic mass is 9.86. The van der Waals surface area contributed by atoms with Crippen LogP contribution in [0.2, 0.25) is 0 Å². The monoisotopic (exact) mass is 232 g/mol. The molecule has 1 aliphatic rings. The summed E-state index contributed by atoms with van der Waals surface area (Å²) in [6.45, 7) is 7.15. The van der Waals surface area contributed by atoms with Gasteiger partial charge < -0.3 is 4.74 Å². The van der Waals surface area contributed by atoms with Crippen LogP contribution >= 0.6 is 0 Å². The average molecular weight is 232 g/mol. The number of benzene rings is 1. The van der Waals surface area contributed by atoms with Crippen molar-refractivity contribution in [1.29, 1.82) is 0 Å². The van der Waals surface area contributed by atoms with Crippen molar-refractivity contribution in [2.75, 3.05) is 6.61 Å². The molecule has 1 aromatic rings. The molecule has 0 saturated carbocycles. The lowest BCUT2D eigenvalue weighted by molar-refractivity contribution is -0.128. The predicted molar refractivity (Wildman–Crippen MR) is 68.1 cm³/mol. The largest absolute Gasteiger partial charge is 0.373 e. The van der Waals surface area contributed by atoms with E-state index < -0.39 is 0 Å². The van der Waals surface area contributed by atoms with E-state index >= 15 is 0 Å². The van der Waals surface area contributed by atoms with Gasteiger partial charge in [-0.1, -0.05) is 45.0 Å². The number of ketones is 1. The Morgan fingerprint density at radius 2 is 1.82 bits per heavy atom.